The predicted molar refractivity (Wildman–Crippen MR) is 74.1 cm³/mol. The van der Waals surface area contributed by atoms with Crippen LogP contribution in [0.25, 0.3) is 0 Å². The summed E-state index contributed by atoms with van der Waals surface area (Å²) < 4.78 is 6.90. The number of tetrazole rings is 1. The molecule has 1 aromatic heterocycles. The van der Waals surface area contributed by atoms with Crippen LogP contribution in [0.1, 0.15) is 15.9 Å². The van der Waals surface area contributed by atoms with E-state index in [0.717, 1.165) is 5.56 Å². The number of aryl methyl sites for hydroxylation is 1. The summed E-state index contributed by atoms with van der Waals surface area (Å²) in [7, 11) is 0.578. The van der Waals surface area contributed by atoms with Crippen molar-refractivity contribution in [1.29, 1.82) is 0 Å². The minimum absolute atomic E-state index is 0.0512. The fourth-order valence-corrected chi connectivity index (χ4v) is 3.10. The van der Waals surface area contributed by atoms with Crippen LogP contribution in [0.5, 0.6) is 5.75 Å². The minimum atomic E-state index is -1.13. The lowest BCUT2D eigenvalue weighted by Gasteiger charge is -2.27. The van der Waals surface area contributed by atoms with Crippen molar-refractivity contribution >= 4 is 24.8 Å². The Hall–Kier alpha value is -2.07. The first kappa shape index (κ1) is 13.9. The Bertz CT molecular complexity index is 695. The molecule has 10 heteroatoms. The molecule has 0 saturated carbocycles. The van der Waals surface area contributed by atoms with E-state index in [-0.39, 0.29) is 16.5 Å². The maximum Gasteiger partial charge on any atom is 0.537 e. The molecule has 21 heavy (non-hydrogen) atoms. The lowest BCUT2D eigenvalue weighted by atomic mass is 9.77. The van der Waals surface area contributed by atoms with Gasteiger partial charge in [-0.05, 0) is 28.5 Å². The van der Waals surface area contributed by atoms with Crippen molar-refractivity contribution in [2.45, 2.75) is 16.7 Å². The van der Waals surface area contributed by atoms with Crippen molar-refractivity contribution < 1.29 is 19.6 Å². The molecule has 0 spiro atoms. The SMILES string of the molecule is Cn1nnnc1S[C@H]1Cc2cccc(C(=O)O)c2OB1O. The summed E-state index contributed by atoms with van der Waals surface area (Å²) in [5.41, 5.74) is 0.795. The summed E-state index contributed by atoms with van der Waals surface area (Å²) in [4.78, 5) is 11.2. The number of rotatable bonds is 3. The summed E-state index contributed by atoms with van der Waals surface area (Å²) in [6.07, 6.45) is 0.467. The van der Waals surface area contributed by atoms with E-state index >= 15 is 0 Å². The van der Waals surface area contributed by atoms with Crippen LogP contribution in [0.3, 0.4) is 0 Å². The van der Waals surface area contributed by atoms with Gasteiger partial charge in [0.2, 0.25) is 5.16 Å². The lowest BCUT2D eigenvalue weighted by Crippen LogP contribution is -2.41. The van der Waals surface area contributed by atoms with E-state index in [0.29, 0.717) is 11.6 Å². The summed E-state index contributed by atoms with van der Waals surface area (Å²) in [6, 6.07) is 4.90. The number of hydrogen-bond donors (Lipinski definition) is 2. The van der Waals surface area contributed by atoms with Crippen LogP contribution in [0, 0.1) is 0 Å². The molecular weight excluding hydrogens is 295 g/mol. The zero-order chi connectivity index (χ0) is 15.0. The van der Waals surface area contributed by atoms with Crippen molar-refractivity contribution in [1.82, 2.24) is 20.2 Å². The van der Waals surface area contributed by atoms with Gasteiger partial charge >= 0.3 is 13.1 Å². The van der Waals surface area contributed by atoms with E-state index < -0.39 is 13.1 Å². The van der Waals surface area contributed by atoms with Gasteiger partial charge in [-0.2, -0.15) is 0 Å². The number of thioether (sulfide) groups is 1. The summed E-state index contributed by atoms with van der Waals surface area (Å²) in [6.45, 7) is 0. The number of para-hydroxylation sites is 1. The Morgan fingerprint density at radius 1 is 1.57 bits per heavy atom. The Morgan fingerprint density at radius 2 is 2.38 bits per heavy atom. The highest BCUT2D eigenvalue weighted by Crippen LogP contribution is 2.35. The lowest BCUT2D eigenvalue weighted by molar-refractivity contribution is 0.0694. The Balaban J connectivity index is 1.87. The van der Waals surface area contributed by atoms with Crippen molar-refractivity contribution in [2.75, 3.05) is 0 Å². The number of carbonyl (C=O) groups is 1. The molecule has 1 aliphatic heterocycles. The minimum Gasteiger partial charge on any atom is -0.535 e. The monoisotopic (exact) mass is 306 g/mol. The van der Waals surface area contributed by atoms with Gasteiger partial charge in [-0.3, -0.25) is 0 Å². The molecule has 108 valence electrons. The Morgan fingerprint density at radius 3 is 3.05 bits per heavy atom. The molecule has 0 unspecified atom stereocenters. The number of nitrogens with zero attached hydrogens (tertiary/aromatic N) is 4. The van der Waals surface area contributed by atoms with E-state index in [4.69, 9.17) is 9.76 Å². The van der Waals surface area contributed by atoms with Crippen LogP contribution in [0.4, 0.5) is 0 Å². The molecular formula is C11H11BN4O4S. The molecule has 1 aliphatic rings. The zero-order valence-corrected chi connectivity index (χ0v) is 11.8. The maximum absolute atomic E-state index is 11.2. The predicted octanol–water partition coefficient (Wildman–Crippen LogP) is 0.0238. The van der Waals surface area contributed by atoms with Crippen molar-refractivity contribution in [2.24, 2.45) is 7.05 Å². The van der Waals surface area contributed by atoms with Crippen LogP contribution in [-0.4, -0.2) is 48.6 Å². The Kier molecular flexibility index (Phi) is 3.56. The number of fused-ring (bicyclic) bond motifs is 1. The molecule has 2 heterocycles. The summed E-state index contributed by atoms with van der Waals surface area (Å²) >= 11 is 1.29. The van der Waals surface area contributed by atoms with Crippen LogP contribution < -0.4 is 4.65 Å². The van der Waals surface area contributed by atoms with E-state index in [9.17, 15) is 9.82 Å². The molecule has 1 aromatic carbocycles. The molecule has 3 rings (SSSR count). The van der Waals surface area contributed by atoms with Crippen LogP contribution >= 0.6 is 11.8 Å². The first-order chi connectivity index (χ1) is 10.1. The molecule has 0 radical (unpaired) electrons. The third-order valence-electron chi connectivity index (χ3n) is 3.14. The smallest absolute Gasteiger partial charge is 0.535 e. The van der Waals surface area contributed by atoms with Gasteiger partial charge in [-0.15, -0.1) is 5.10 Å². The molecule has 0 fully saturated rings. The first-order valence-electron chi connectivity index (χ1n) is 6.15. The highest BCUT2D eigenvalue weighted by atomic mass is 32.2. The first-order valence-corrected chi connectivity index (χ1v) is 7.03. The highest BCUT2D eigenvalue weighted by Gasteiger charge is 2.38. The largest absolute Gasteiger partial charge is 0.537 e. The molecule has 0 aliphatic carbocycles. The van der Waals surface area contributed by atoms with Gasteiger partial charge in [0.1, 0.15) is 5.75 Å². The standard InChI is InChI=1S/C11H11BN4O4S/c1-16-11(13-14-15-16)21-8-5-6-3-2-4-7(10(17)18)9(6)20-12(8)19/h2-4,8,19H,5H2,1H3,(H,17,18)/t8-/m0/s1. The zero-order valence-electron chi connectivity index (χ0n) is 11.0. The molecule has 0 bridgehead atoms. The van der Waals surface area contributed by atoms with E-state index in [1.165, 1.54) is 22.5 Å². The van der Waals surface area contributed by atoms with Gasteiger partial charge in [-0.1, -0.05) is 23.9 Å². The number of aromatic carboxylic acids is 1. The van der Waals surface area contributed by atoms with Crippen LogP contribution in [-0.2, 0) is 13.5 Å². The fraction of sp³-hybridized carbons (Fsp3) is 0.273. The van der Waals surface area contributed by atoms with E-state index in [1.807, 2.05) is 0 Å². The van der Waals surface area contributed by atoms with Gasteiger partial charge < -0.3 is 14.8 Å². The van der Waals surface area contributed by atoms with Gasteiger partial charge in [0.25, 0.3) is 0 Å². The van der Waals surface area contributed by atoms with Gasteiger partial charge in [-0.25, -0.2) is 9.48 Å². The number of benzene rings is 1. The second kappa shape index (κ2) is 5.37. The number of aromatic nitrogens is 4. The average Bonchev–Trinajstić information content (AvgIpc) is 2.84. The highest BCUT2D eigenvalue weighted by molar-refractivity contribution is 8.01. The second-order valence-electron chi connectivity index (χ2n) is 4.55. The average molecular weight is 306 g/mol. The van der Waals surface area contributed by atoms with Crippen LogP contribution in [0.15, 0.2) is 23.4 Å². The number of hydrogen-bond acceptors (Lipinski definition) is 7. The third kappa shape index (κ3) is 2.59. The molecule has 8 nitrogen and oxygen atoms in total. The molecule has 2 N–H and O–H groups in total. The van der Waals surface area contributed by atoms with Crippen molar-refractivity contribution in [3.63, 3.8) is 0 Å². The number of carboxylic acids is 1. The second-order valence-corrected chi connectivity index (χ2v) is 5.76. The summed E-state index contributed by atoms with van der Waals surface area (Å²) in [5, 5.41) is 30.6. The molecule has 0 amide bonds. The Labute approximate surface area is 124 Å². The molecule has 1 atom stereocenters. The van der Waals surface area contributed by atoms with Gasteiger partial charge in [0.15, 0.2) is 0 Å². The van der Waals surface area contributed by atoms with Crippen LogP contribution in [0.2, 0.25) is 0 Å². The maximum atomic E-state index is 11.2. The molecule has 2 aromatic rings. The van der Waals surface area contributed by atoms with Crippen molar-refractivity contribution in [3.8, 4) is 5.75 Å². The third-order valence-corrected chi connectivity index (χ3v) is 4.40. The van der Waals surface area contributed by atoms with E-state index in [1.54, 1.807) is 19.2 Å². The quantitative estimate of drug-likeness (QED) is 0.764. The van der Waals surface area contributed by atoms with Gasteiger partial charge in [0.05, 0.1) is 10.7 Å². The summed E-state index contributed by atoms with van der Waals surface area (Å²) in [5.74, 6) is -0.854. The van der Waals surface area contributed by atoms with E-state index in [2.05, 4.69) is 15.5 Å². The van der Waals surface area contributed by atoms with Gasteiger partial charge in [0, 0.05) is 7.05 Å². The topological polar surface area (TPSA) is 110 Å². The number of carboxylic acid groups (broad SMARTS) is 1. The molecule has 0 saturated heterocycles. The fourth-order valence-electron chi connectivity index (χ4n) is 2.12. The van der Waals surface area contributed by atoms with Crippen molar-refractivity contribution in [3.05, 3.63) is 29.3 Å². The normalized spacial score (nSPS) is 17.2.